The molecular weight excluding hydrogens is 382 g/mol. The predicted molar refractivity (Wildman–Crippen MR) is 114 cm³/mol. The fraction of sp³-hybridized carbons (Fsp3) is 0.292. The van der Waals surface area contributed by atoms with E-state index in [2.05, 4.69) is 19.2 Å². The van der Waals surface area contributed by atoms with Crippen LogP contribution in [-0.2, 0) is 9.53 Å². The van der Waals surface area contributed by atoms with E-state index in [1.54, 1.807) is 18.2 Å². The summed E-state index contributed by atoms with van der Waals surface area (Å²) in [5, 5.41) is 3.30. The number of ether oxygens (including phenoxy) is 1. The highest BCUT2D eigenvalue weighted by Gasteiger charge is 2.19. The second-order valence-corrected chi connectivity index (χ2v) is 7.71. The van der Waals surface area contributed by atoms with E-state index >= 15 is 0 Å². The van der Waals surface area contributed by atoms with E-state index in [9.17, 15) is 14.4 Å². The zero-order chi connectivity index (χ0) is 21.7. The second kappa shape index (κ2) is 9.39. The SMILES string of the molecule is Cc1ccc2oc(C(=O)OCC(=O)N[C@@H](CC(C)C)c3ccccc3)cc(=O)c2c1. The number of hydrogen-bond donors (Lipinski definition) is 1. The van der Waals surface area contributed by atoms with E-state index < -0.39 is 18.5 Å². The molecule has 30 heavy (non-hydrogen) atoms. The minimum atomic E-state index is -0.857. The van der Waals surface area contributed by atoms with Gasteiger partial charge in [0.05, 0.1) is 11.4 Å². The highest BCUT2D eigenvalue weighted by Crippen LogP contribution is 2.21. The van der Waals surface area contributed by atoms with Crippen molar-refractivity contribution in [1.82, 2.24) is 5.32 Å². The molecule has 3 rings (SSSR count). The Morgan fingerprint density at radius 2 is 1.80 bits per heavy atom. The first-order valence-electron chi connectivity index (χ1n) is 9.89. The highest BCUT2D eigenvalue weighted by atomic mass is 16.5. The first kappa shape index (κ1) is 21.3. The number of carbonyl (C=O) groups is 2. The molecule has 1 aromatic heterocycles. The fourth-order valence-electron chi connectivity index (χ4n) is 3.24. The number of amides is 1. The standard InChI is InChI=1S/C24H25NO5/c1-15(2)11-19(17-7-5-4-6-8-17)25-23(27)14-29-24(28)22-13-20(26)18-12-16(3)9-10-21(18)30-22/h4-10,12-13,15,19H,11,14H2,1-3H3,(H,25,27)/t19-/m0/s1. The maximum Gasteiger partial charge on any atom is 0.374 e. The van der Waals surface area contributed by atoms with Crippen molar-refractivity contribution < 1.29 is 18.7 Å². The number of aryl methyl sites for hydroxylation is 1. The summed E-state index contributed by atoms with van der Waals surface area (Å²) in [6.07, 6.45) is 0.753. The first-order chi connectivity index (χ1) is 14.3. The van der Waals surface area contributed by atoms with Crippen molar-refractivity contribution in [2.75, 3.05) is 6.61 Å². The molecule has 1 heterocycles. The van der Waals surface area contributed by atoms with Gasteiger partial charge in [0.1, 0.15) is 5.58 Å². The van der Waals surface area contributed by atoms with Crippen LogP contribution in [0.5, 0.6) is 0 Å². The van der Waals surface area contributed by atoms with Crippen LogP contribution in [0.25, 0.3) is 11.0 Å². The molecule has 6 nitrogen and oxygen atoms in total. The number of nitrogens with one attached hydrogen (secondary N) is 1. The first-order valence-corrected chi connectivity index (χ1v) is 9.89. The molecule has 0 bridgehead atoms. The molecule has 0 saturated carbocycles. The van der Waals surface area contributed by atoms with Crippen LogP contribution in [-0.4, -0.2) is 18.5 Å². The third-order valence-electron chi connectivity index (χ3n) is 4.66. The van der Waals surface area contributed by atoms with Gasteiger partial charge in [-0.05, 0) is 37.0 Å². The fourth-order valence-corrected chi connectivity index (χ4v) is 3.24. The zero-order valence-corrected chi connectivity index (χ0v) is 17.3. The Hall–Kier alpha value is -3.41. The molecule has 0 saturated heterocycles. The van der Waals surface area contributed by atoms with Crippen LogP contribution in [0, 0.1) is 12.8 Å². The lowest BCUT2D eigenvalue weighted by Gasteiger charge is -2.21. The van der Waals surface area contributed by atoms with Crippen molar-refractivity contribution >= 4 is 22.8 Å². The summed E-state index contributed by atoms with van der Waals surface area (Å²) in [4.78, 5) is 36.9. The molecule has 0 fully saturated rings. The summed E-state index contributed by atoms with van der Waals surface area (Å²) in [7, 11) is 0. The average molecular weight is 407 g/mol. The maximum atomic E-state index is 12.4. The monoisotopic (exact) mass is 407 g/mol. The molecule has 1 N–H and O–H groups in total. The number of benzene rings is 2. The van der Waals surface area contributed by atoms with Gasteiger partial charge in [-0.3, -0.25) is 9.59 Å². The van der Waals surface area contributed by atoms with E-state index in [-0.39, 0.29) is 17.2 Å². The Bertz CT molecular complexity index is 1100. The van der Waals surface area contributed by atoms with Crippen LogP contribution in [0.3, 0.4) is 0 Å². The van der Waals surface area contributed by atoms with Crippen molar-refractivity contribution in [3.05, 3.63) is 81.7 Å². The quantitative estimate of drug-likeness (QED) is 0.595. The summed E-state index contributed by atoms with van der Waals surface area (Å²) < 4.78 is 10.6. The van der Waals surface area contributed by atoms with Crippen molar-refractivity contribution in [2.45, 2.75) is 33.2 Å². The van der Waals surface area contributed by atoms with Gasteiger partial charge < -0.3 is 14.5 Å². The number of carbonyl (C=O) groups excluding carboxylic acids is 2. The largest absolute Gasteiger partial charge is 0.450 e. The van der Waals surface area contributed by atoms with E-state index in [1.807, 2.05) is 37.3 Å². The molecule has 1 atom stereocenters. The Kier molecular flexibility index (Phi) is 6.67. The number of fused-ring (bicyclic) bond motifs is 1. The lowest BCUT2D eigenvalue weighted by atomic mass is 9.97. The van der Waals surface area contributed by atoms with Gasteiger partial charge in [0.15, 0.2) is 12.0 Å². The van der Waals surface area contributed by atoms with E-state index in [1.165, 1.54) is 0 Å². The summed E-state index contributed by atoms with van der Waals surface area (Å²) in [5.41, 5.74) is 1.86. The van der Waals surface area contributed by atoms with Crippen molar-refractivity contribution in [1.29, 1.82) is 0 Å². The van der Waals surface area contributed by atoms with Gasteiger partial charge in [0.25, 0.3) is 5.91 Å². The van der Waals surface area contributed by atoms with Crippen LogP contribution in [0.1, 0.15) is 48.0 Å². The number of esters is 1. The Morgan fingerprint density at radius 3 is 2.50 bits per heavy atom. The van der Waals surface area contributed by atoms with E-state index in [0.717, 1.165) is 23.6 Å². The van der Waals surface area contributed by atoms with Gasteiger partial charge in [0.2, 0.25) is 5.76 Å². The summed E-state index contributed by atoms with van der Waals surface area (Å²) in [6, 6.07) is 15.7. The van der Waals surface area contributed by atoms with Crippen LogP contribution in [0.4, 0.5) is 0 Å². The minimum absolute atomic E-state index is 0.181. The lowest BCUT2D eigenvalue weighted by Crippen LogP contribution is -2.33. The second-order valence-electron chi connectivity index (χ2n) is 7.71. The minimum Gasteiger partial charge on any atom is -0.450 e. The molecule has 156 valence electrons. The maximum absolute atomic E-state index is 12.4. The van der Waals surface area contributed by atoms with Gasteiger partial charge in [-0.1, -0.05) is 55.8 Å². The van der Waals surface area contributed by atoms with Crippen LogP contribution in [0.2, 0.25) is 0 Å². The molecule has 0 aliphatic carbocycles. The summed E-state index contributed by atoms with van der Waals surface area (Å²) in [6.45, 7) is 5.55. The highest BCUT2D eigenvalue weighted by molar-refractivity contribution is 5.90. The molecule has 0 unspecified atom stereocenters. The van der Waals surface area contributed by atoms with Gasteiger partial charge in [-0.25, -0.2) is 4.79 Å². The zero-order valence-electron chi connectivity index (χ0n) is 17.3. The predicted octanol–water partition coefficient (Wildman–Crippen LogP) is 4.16. The Labute approximate surface area is 174 Å². The summed E-state index contributed by atoms with van der Waals surface area (Å²) >= 11 is 0. The van der Waals surface area contributed by atoms with Crippen LogP contribution < -0.4 is 10.7 Å². The van der Waals surface area contributed by atoms with Gasteiger partial charge >= 0.3 is 5.97 Å². The van der Waals surface area contributed by atoms with Crippen molar-refractivity contribution in [2.24, 2.45) is 5.92 Å². The smallest absolute Gasteiger partial charge is 0.374 e. The lowest BCUT2D eigenvalue weighted by molar-refractivity contribution is -0.125. The third kappa shape index (κ3) is 5.35. The Balaban J connectivity index is 1.66. The van der Waals surface area contributed by atoms with Crippen LogP contribution >= 0.6 is 0 Å². The molecule has 1 amide bonds. The molecule has 0 aliphatic rings. The molecule has 2 aromatic carbocycles. The molecule has 0 aliphatic heterocycles. The molecule has 0 radical (unpaired) electrons. The summed E-state index contributed by atoms with van der Waals surface area (Å²) in [5.74, 6) is -1.14. The van der Waals surface area contributed by atoms with E-state index in [0.29, 0.717) is 16.9 Å². The van der Waals surface area contributed by atoms with Crippen molar-refractivity contribution in [3.8, 4) is 0 Å². The average Bonchev–Trinajstić information content (AvgIpc) is 2.72. The molecule has 3 aromatic rings. The van der Waals surface area contributed by atoms with Gasteiger partial charge in [-0.2, -0.15) is 0 Å². The number of rotatable bonds is 7. The topological polar surface area (TPSA) is 85.6 Å². The van der Waals surface area contributed by atoms with Crippen LogP contribution in [0.15, 0.2) is 63.8 Å². The molecule has 0 spiro atoms. The van der Waals surface area contributed by atoms with Crippen molar-refractivity contribution in [3.63, 3.8) is 0 Å². The third-order valence-corrected chi connectivity index (χ3v) is 4.66. The Morgan fingerprint density at radius 1 is 1.07 bits per heavy atom. The van der Waals surface area contributed by atoms with Gasteiger partial charge in [-0.15, -0.1) is 0 Å². The van der Waals surface area contributed by atoms with E-state index in [4.69, 9.17) is 9.15 Å². The number of hydrogen-bond acceptors (Lipinski definition) is 5. The van der Waals surface area contributed by atoms with Gasteiger partial charge in [0, 0.05) is 6.07 Å². The normalized spacial score (nSPS) is 12.0. The molecular formula is C24H25NO5. The molecule has 6 heteroatoms.